The molecule has 2 heterocycles. The Hall–Kier alpha value is -2.13. The van der Waals surface area contributed by atoms with Gasteiger partial charge in [-0.1, -0.05) is 42.5 Å². The van der Waals surface area contributed by atoms with E-state index in [1.165, 1.54) is 27.3 Å². The number of rotatable bonds is 3. The summed E-state index contributed by atoms with van der Waals surface area (Å²) in [4.78, 5) is 7.97. The zero-order valence-corrected chi connectivity index (χ0v) is 12.5. The second-order valence-corrected chi connectivity index (χ2v) is 6.28. The fourth-order valence-corrected chi connectivity index (χ4v) is 3.67. The number of hydrogen-bond acceptors (Lipinski definition) is 3. The highest BCUT2D eigenvalue weighted by Gasteiger charge is 2.22. The van der Waals surface area contributed by atoms with Crippen LogP contribution in [-0.2, 0) is 13.0 Å². The first kappa shape index (κ1) is 12.6. The van der Waals surface area contributed by atoms with Gasteiger partial charge in [-0.3, -0.25) is 4.98 Å². The predicted molar refractivity (Wildman–Crippen MR) is 88.7 cm³/mol. The van der Waals surface area contributed by atoms with Crippen LogP contribution in [0.2, 0.25) is 0 Å². The zero-order chi connectivity index (χ0) is 14.1. The lowest BCUT2D eigenvalue weighted by Gasteiger charge is -2.18. The highest BCUT2D eigenvalue weighted by Crippen LogP contribution is 2.36. The molecule has 0 aliphatic carbocycles. The molecule has 0 amide bonds. The molecule has 3 aromatic rings. The normalized spacial score (nSPS) is 13.4. The van der Waals surface area contributed by atoms with E-state index in [0.717, 1.165) is 19.5 Å². The van der Waals surface area contributed by atoms with E-state index in [9.17, 15) is 0 Å². The lowest BCUT2D eigenvalue weighted by atomic mass is 9.98. The Morgan fingerprint density at radius 3 is 2.76 bits per heavy atom. The van der Waals surface area contributed by atoms with Gasteiger partial charge in [-0.05, 0) is 29.2 Å². The van der Waals surface area contributed by atoms with Crippen molar-refractivity contribution in [2.24, 2.45) is 0 Å². The minimum Gasteiger partial charge on any atom is -0.366 e. The van der Waals surface area contributed by atoms with E-state index in [1.807, 2.05) is 11.7 Å². The Kier molecular flexibility index (Phi) is 3.20. The van der Waals surface area contributed by atoms with Gasteiger partial charge in [0.2, 0.25) is 0 Å². The predicted octanol–water partition coefficient (Wildman–Crippen LogP) is 4.37. The van der Waals surface area contributed by atoms with Gasteiger partial charge >= 0.3 is 0 Å². The third-order valence-electron chi connectivity index (χ3n) is 4.04. The highest BCUT2D eigenvalue weighted by atomic mass is 32.1. The fraction of sp³-hybridized carbons (Fsp3) is 0.167. The number of hydrogen-bond donors (Lipinski definition) is 0. The molecule has 0 saturated carbocycles. The number of nitrogens with zero attached hydrogens (tertiary/aromatic N) is 2. The Morgan fingerprint density at radius 1 is 1.05 bits per heavy atom. The Bertz CT molecular complexity index is 735. The second-order valence-electron chi connectivity index (χ2n) is 5.31. The molecule has 2 aromatic carbocycles. The molecule has 2 nitrogen and oxygen atoms in total. The summed E-state index contributed by atoms with van der Waals surface area (Å²) < 4.78 is 0. The van der Waals surface area contributed by atoms with E-state index in [-0.39, 0.29) is 0 Å². The maximum atomic E-state index is 4.18. The summed E-state index contributed by atoms with van der Waals surface area (Å²) in [7, 11) is 0. The molecule has 1 aromatic heterocycles. The fourth-order valence-electron chi connectivity index (χ4n) is 3.06. The number of anilines is 1. The van der Waals surface area contributed by atoms with Gasteiger partial charge in [0.05, 0.1) is 12.1 Å². The molecule has 0 fully saturated rings. The minimum atomic E-state index is 0.968. The van der Waals surface area contributed by atoms with Crippen LogP contribution >= 0.6 is 11.3 Å². The van der Waals surface area contributed by atoms with Gasteiger partial charge in [0.15, 0.2) is 0 Å². The minimum absolute atomic E-state index is 0.968. The first-order chi connectivity index (χ1) is 10.4. The van der Waals surface area contributed by atoms with Gasteiger partial charge in [0.1, 0.15) is 0 Å². The van der Waals surface area contributed by atoms with Gasteiger partial charge in [0.25, 0.3) is 0 Å². The van der Waals surface area contributed by atoms with Gasteiger partial charge in [-0.2, -0.15) is 0 Å². The summed E-state index contributed by atoms with van der Waals surface area (Å²) in [5.41, 5.74) is 7.46. The maximum Gasteiger partial charge on any atom is 0.0794 e. The Balaban J connectivity index is 1.71. The van der Waals surface area contributed by atoms with Crippen LogP contribution in [0.15, 0.2) is 60.2 Å². The molecule has 0 unspecified atom stereocenters. The van der Waals surface area contributed by atoms with Crippen molar-refractivity contribution in [2.75, 3.05) is 11.4 Å². The molecule has 1 aliphatic heterocycles. The molecule has 104 valence electrons. The van der Waals surface area contributed by atoms with Crippen LogP contribution in [0.3, 0.4) is 0 Å². The molecule has 0 saturated heterocycles. The molecule has 0 atom stereocenters. The monoisotopic (exact) mass is 292 g/mol. The third-order valence-corrected chi connectivity index (χ3v) is 4.80. The molecule has 21 heavy (non-hydrogen) atoms. The zero-order valence-electron chi connectivity index (χ0n) is 11.7. The summed E-state index contributed by atoms with van der Waals surface area (Å²) in [5.74, 6) is 0. The largest absolute Gasteiger partial charge is 0.366 e. The van der Waals surface area contributed by atoms with E-state index in [1.54, 1.807) is 11.3 Å². The summed E-state index contributed by atoms with van der Waals surface area (Å²) in [6.45, 7) is 2.06. The summed E-state index contributed by atoms with van der Waals surface area (Å²) >= 11 is 1.73. The van der Waals surface area contributed by atoms with Crippen molar-refractivity contribution in [1.82, 2.24) is 4.98 Å². The summed E-state index contributed by atoms with van der Waals surface area (Å²) in [6, 6.07) is 17.3. The van der Waals surface area contributed by atoms with Crippen molar-refractivity contribution in [1.29, 1.82) is 0 Å². The lowest BCUT2D eigenvalue weighted by Crippen LogP contribution is -2.18. The van der Waals surface area contributed by atoms with Crippen molar-refractivity contribution in [3.05, 3.63) is 70.7 Å². The van der Waals surface area contributed by atoms with E-state index in [4.69, 9.17) is 0 Å². The molecule has 0 bridgehead atoms. The Morgan fingerprint density at radius 2 is 1.95 bits per heavy atom. The van der Waals surface area contributed by atoms with Crippen LogP contribution in [-0.4, -0.2) is 11.5 Å². The van der Waals surface area contributed by atoms with Crippen molar-refractivity contribution < 1.29 is 0 Å². The molecule has 0 radical (unpaired) electrons. The molecule has 3 heteroatoms. The first-order valence-corrected chi connectivity index (χ1v) is 8.09. The number of thiazole rings is 1. The number of fused-ring (bicyclic) bond motifs is 1. The van der Waals surface area contributed by atoms with Crippen molar-refractivity contribution in [3.8, 4) is 11.1 Å². The molecule has 0 spiro atoms. The SMILES string of the molecule is c1ccc(-c2cccc3c2CCN3Cc2cncs2)cc1. The van der Waals surface area contributed by atoms with Crippen LogP contribution in [0, 0.1) is 0 Å². The molecular weight excluding hydrogens is 276 g/mol. The van der Waals surface area contributed by atoms with Crippen LogP contribution < -0.4 is 4.90 Å². The highest BCUT2D eigenvalue weighted by molar-refractivity contribution is 7.09. The van der Waals surface area contributed by atoms with Gasteiger partial charge in [0, 0.05) is 23.3 Å². The smallest absolute Gasteiger partial charge is 0.0794 e. The number of aromatic nitrogens is 1. The van der Waals surface area contributed by atoms with Crippen LogP contribution in [0.25, 0.3) is 11.1 Å². The Labute approximate surface area is 128 Å². The first-order valence-electron chi connectivity index (χ1n) is 7.21. The van der Waals surface area contributed by atoms with Gasteiger partial charge in [-0.15, -0.1) is 11.3 Å². The summed E-state index contributed by atoms with van der Waals surface area (Å²) in [6.07, 6.45) is 3.10. The van der Waals surface area contributed by atoms with Crippen molar-refractivity contribution in [3.63, 3.8) is 0 Å². The second kappa shape index (κ2) is 5.34. The lowest BCUT2D eigenvalue weighted by molar-refractivity contribution is 0.844. The van der Waals surface area contributed by atoms with Crippen LogP contribution in [0.1, 0.15) is 10.4 Å². The average Bonchev–Trinajstić information content (AvgIpc) is 3.19. The van der Waals surface area contributed by atoms with E-state index >= 15 is 0 Å². The molecule has 1 aliphatic rings. The van der Waals surface area contributed by atoms with Gasteiger partial charge < -0.3 is 4.90 Å². The maximum absolute atomic E-state index is 4.18. The van der Waals surface area contributed by atoms with Crippen LogP contribution in [0.4, 0.5) is 5.69 Å². The third kappa shape index (κ3) is 2.34. The van der Waals surface area contributed by atoms with E-state index in [0.29, 0.717) is 0 Å². The standard InChI is InChI=1S/C18H16N2S/c1-2-5-14(6-3-1)16-7-4-8-18-17(16)9-10-20(18)12-15-11-19-13-21-15/h1-8,11,13H,9-10,12H2. The van der Waals surface area contributed by atoms with E-state index < -0.39 is 0 Å². The quantitative estimate of drug-likeness (QED) is 0.712. The molecule has 4 rings (SSSR count). The summed E-state index contributed by atoms with van der Waals surface area (Å²) in [5, 5.41) is 0. The topological polar surface area (TPSA) is 16.1 Å². The van der Waals surface area contributed by atoms with Crippen LogP contribution in [0.5, 0.6) is 0 Å². The number of benzene rings is 2. The average molecular weight is 292 g/mol. The van der Waals surface area contributed by atoms with E-state index in [2.05, 4.69) is 58.4 Å². The van der Waals surface area contributed by atoms with Crippen molar-refractivity contribution >= 4 is 17.0 Å². The van der Waals surface area contributed by atoms with Gasteiger partial charge in [-0.25, -0.2) is 0 Å². The molecular formula is C18H16N2S. The molecule has 0 N–H and O–H groups in total. The van der Waals surface area contributed by atoms with Crippen molar-refractivity contribution in [2.45, 2.75) is 13.0 Å².